The number of hydrogen-bond donors (Lipinski definition) is 1. The largest absolute Gasteiger partial charge is 0.371 e. The first kappa shape index (κ1) is 8.96. The van der Waals surface area contributed by atoms with Crippen molar-refractivity contribution in [2.24, 2.45) is 0 Å². The molecule has 1 aromatic rings. The Morgan fingerprint density at radius 3 is 2.75 bits per heavy atom. The van der Waals surface area contributed by atoms with Gasteiger partial charge in [0.15, 0.2) is 0 Å². The normalized spacial score (nSPS) is 11.8. The van der Waals surface area contributed by atoms with Crippen molar-refractivity contribution in [1.82, 2.24) is 0 Å². The summed E-state index contributed by atoms with van der Waals surface area (Å²) in [5, 5.41) is 3.79. The van der Waals surface area contributed by atoms with E-state index in [1.54, 1.807) is 0 Å². The predicted octanol–water partition coefficient (Wildman–Crippen LogP) is 2.77. The summed E-state index contributed by atoms with van der Waals surface area (Å²) in [6.07, 6.45) is 5.21. The second-order valence-electron chi connectivity index (χ2n) is 2.51. The van der Waals surface area contributed by atoms with Gasteiger partial charge < -0.3 is 5.32 Å². The quantitative estimate of drug-likeness (QED) is 0.689. The Balaban J connectivity index is 2.77. The molecule has 0 fully saturated rings. The lowest BCUT2D eigenvalue weighted by molar-refractivity contribution is 1.04. The second-order valence-corrected chi connectivity index (χ2v) is 2.92. The fraction of sp³-hybridized carbons (Fsp3) is 0.200. The van der Waals surface area contributed by atoms with Gasteiger partial charge in [0, 0.05) is 0 Å². The number of hydrogen-bond acceptors (Lipinski definition) is 1. The van der Waals surface area contributed by atoms with Crippen LogP contribution in [-0.4, -0.2) is 6.04 Å². The smallest absolute Gasteiger partial charge is 0.0846 e. The minimum absolute atomic E-state index is 0.00454. The van der Waals surface area contributed by atoms with Crippen molar-refractivity contribution in [2.75, 3.05) is 5.32 Å². The number of nitrogens with one attached hydrogen (secondary N) is 1. The summed E-state index contributed by atoms with van der Waals surface area (Å²) in [7, 11) is 0. The van der Waals surface area contributed by atoms with E-state index in [1.165, 1.54) is 0 Å². The van der Waals surface area contributed by atoms with Crippen LogP contribution < -0.4 is 5.32 Å². The van der Waals surface area contributed by atoms with E-state index >= 15 is 0 Å². The summed E-state index contributed by atoms with van der Waals surface area (Å²) in [5.41, 5.74) is 0.879. The van der Waals surface area contributed by atoms with Crippen molar-refractivity contribution < 1.29 is 0 Å². The minimum Gasteiger partial charge on any atom is -0.371 e. The van der Waals surface area contributed by atoms with Gasteiger partial charge in [-0.1, -0.05) is 29.7 Å². The summed E-state index contributed by atoms with van der Waals surface area (Å²) in [4.78, 5) is 0. The minimum atomic E-state index is 0.00454. The van der Waals surface area contributed by atoms with Crippen LogP contribution in [-0.2, 0) is 0 Å². The van der Waals surface area contributed by atoms with Crippen LogP contribution in [0.5, 0.6) is 0 Å². The van der Waals surface area contributed by atoms with Crippen molar-refractivity contribution >= 4 is 17.3 Å². The zero-order valence-electron chi connectivity index (χ0n) is 6.84. The van der Waals surface area contributed by atoms with Gasteiger partial charge in [0.2, 0.25) is 0 Å². The lowest BCUT2D eigenvalue weighted by Crippen LogP contribution is -2.11. The summed E-state index contributed by atoms with van der Waals surface area (Å²) in [6.45, 7) is 1.91. The van der Waals surface area contributed by atoms with Gasteiger partial charge in [-0.15, -0.1) is 6.42 Å². The van der Waals surface area contributed by atoms with Gasteiger partial charge in [-0.25, -0.2) is 0 Å². The molecule has 0 spiro atoms. The van der Waals surface area contributed by atoms with Crippen molar-refractivity contribution in [3.8, 4) is 12.3 Å². The van der Waals surface area contributed by atoms with E-state index < -0.39 is 0 Å². The highest BCUT2D eigenvalue weighted by atomic mass is 35.5. The Morgan fingerprint density at radius 1 is 1.50 bits per heavy atom. The molecule has 1 atom stereocenters. The number of terminal acetylenes is 1. The van der Waals surface area contributed by atoms with Gasteiger partial charge in [0.05, 0.1) is 16.8 Å². The van der Waals surface area contributed by atoms with Crippen molar-refractivity contribution in [3.63, 3.8) is 0 Å². The van der Waals surface area contributed by atoms with E-state index in [0.29, 0.717) is 5.02 Å². The predicted molar refractivity (Wildman–Crippen MR) is 53.4 cm³/mol. The molecule has 0 bridgehead atoms. The van der Waals surface area contributed by atoms with Crippen LogP contribution in [0.25, 0.3) is 0 Å². The Morgan fingerprint density at radius 2 is 2.17 bits per heavy atom. The maximum absolute atomic E-state index is 5.89. The number of benzene rings is 1. The van der Waals surface area contributed by atoms with E-state index in [-0.39, 0.29) is 6.04 Å². The molecule has 1 rings (SSSR count). The molecule has 1 aromatic carbocycles. The fourth-order valence-electron chi connectivity index (χ4n) is 0.853. The van der Waals surface area contributed by atoms with E-state index in [0.717, 1.165) is 5.69 Å². The van der Waals surface area contributed by atoms with Crippen LogP contribution in [0.1, 0.15) is 6.92 Å². The van der Waals surface area contributed by atoms with E-state index in [9.17, 15) is 0 Å². The Bertz CT molecular complexity index is 301. The summed E-state index contributed by atoms with van der Waals surface area (Å²) in [6, 6.07) is 7.53. The summed E-state index contributed by atoms with van der Waals surface area (Å²) < 4.78 is 0. The van der Waals surface area contributed by atoms with Gasteiger partial charge >= 0.3 is 0 Å². The molecular weight excluding hydrogens is 170 g/mol. The molecule has 0 radical (unpaired) electrons. The van der Waals surface area contributed by atoms with Crippen LogP contribution in [0.15, 0.2) is 24.3 Å². The van der Waals surface area contributed by atoms with Crippen molar-refractivity contribution in [1.29, 1.82) is 0 Å². The van der Waals surface area contributed by atoms with Crippen molar-refractivity contribution in [2.45, 2.75) is 13.0 Å². The molecule has 0 heterocycles. The van der Waals surface area contributed by atoms with Crippen LogP contribution >= 0.6 is 11.6 Å². The Hall–Kier alpha value is -1.13. The van der Waals surface area contributed by atoms with E-state index in [2.05, 4.69) is 11.2 Å². The van der Waals surface area contributed by atoms with Gasteiger partial charge in [0.25, 0.3) is 0 Å². The Kier molecular flexibility index (Phi) is 3.01. The first-order chi connectivity index (χ1) is 5.74. The first-order valence-corrected chi connectivity index (χ1v) is 4.09. The third kappa shape index (κ3) is 2.18. The number of anilines is 1. The zero-order valence-corrected chi connectivity index (χ0v) is 7.60. The molecule has 0 saturated carbocycles. The van der Waals surface area contributed by atoms with Gasteiger partial charge in [-0.3, -0.25) is 0 Å². The lowest BCUT2D eigenvalue weighted by Gasteiger charge is -2.09. The van der Waals surface area contributed by atoms with E-state index in [4.69, 9.17) is 18.0 Å². The average Bonchev–Trinajstić information content (AvgIpc) is 2.09. The third-order valence-corrected chi connectivity index (χ3v) is 1.83. The highest BCUT2D eigenvalue weighted by Gasteiger charge is 1.99. The lowest BCUT2D eigenvalue weighted by atomic mass is 10.3. The molecule has 1 unspecified atom stereocenters. The maximum atomic E-state index is 5.89. The number of halogens is 1. The highest BCUT2D eigenvalue weighted by molar-refractivity contribution is 6.33. The molecule has 1 N–H and O–H groups in total. The zero-order chi connectivity index (χ0) is 8.97. The molecule has 0 aromatic heterocycles. The molecular formula is C10H10ClN. The highest BCUT2D eigenvalue weighted by Crippen LogP contribution is 2.20. The second kappa shape index (κ2) is 4.04. The number of rotatable bonds is 2. The molecule has 12 heavy (non-hydrogen) atoms. The molecule has 0 aliphatic rings. The molecule has 1 nitrogen and oxygen atoms in total. The topological polar surface area (TPSA) is 12.0 Å². The summed E-state index contributed by atoms with van der Waals surface area (Å²) >= 11 is 5.89. The van der Waals surface area contributed by atoms with Crippen LogP contribution in [0.3, 0.4) is 0 Å². The van der Waals surface area contributed by atoms with Gasteiger partial charge in [0.1, 0.15) is 0 Å². The monoisotopic (exact) mass is 179 g/mol. The molecule has 0 saturated heterocycles. The molecule has 0 aliphatic carbocycles. The summed E-state index contributed by atoms with van der Waals surface area (Å²) in [5.74, 6) is 2.57. The Labute approximate surface area is 77.7 Å². The standard InChI is InChI=1S/C10H10ClN/c1-3-8(2)12-10-7-5-4-6-9(10)11/h1,4-8,12H,2H3. The molecule has 0 aliphatic heterocycles. The SMILES string of the molecule is C#CC(C)Nc1ccccc1Cl. The molecule has 0 amide bonds. The van der Waals surface area contributed by atoms with Crippen LogP contribution in [0.4, 0.5) is 5.69 Å². The molecule has 2 heteroatoms. The average molecular weight is 180 g/mol. The van der Waals surface area contributed by atoms with Crippen molar-refractivity contribution in [3.05, 3.63) is 29.3 Å². The van der Waals surface area contributed by atoms with Gasteiger partial charge in [-0.2, -0.15) is 0 Å². The third-order valence-electron chi connectivity index (χ3n) is 1.50. The first-order valence-electron chi connectivity index (χ1n) is 3.71. The van der Waals surface area contributed by atoms with Gasteiger partial charge in [-0.05, 0) is 19.1 Å². The number of para-hydroxylation sites is 1. The fourth-order valence-corrected chi connectivity index (χ4v) is 1.04. The maximum Gasteiger partial charge on any atom is 0.0846 e. The molecule has 62 valence electrons. The van der Waals surface area contributed by atoms with E-state index in [1.807, 2.05) is 31.2 Å². The van der Waals surface area contributed by atoms with Crippen LogP contribution in [0, 0.1) is 12.3 Å². The van der Waals surface area contributed by atoms with Crippen LogP contribution in [0.2, 0.25) is 5.02 Å².